The van der Waals surface area contributed by atoms with E-state index in [9.17, 15) is 8.78 Å². The van der Waals surface area contributed by atoms with Gasteiger partial charge in [-0.05, 0) is 59.9 Å². The fourth-order valence-corrected chi connectivity index (χ4v) is 2.25. The number of hydrogen-bond donors (Lipinski definition) is 2. The van der Waals surface area contributed by atoms with Gasteiger partial charge in [0.05, 0.1) is 12.4 Å². The second kappa shape index (κ2) is 9.38. The Morgan fingerprint density at radius 3 is 2.44 bits per heavy atom. The molecule has 0 fully saturated rings. The monoisotopic (exact) mass is 369 g/mol. The zero-order chi connectivity index (χ0) is 19.8. The van der Waals surface area contributed by atoms with Crippen LogP contribution in [-0.2, 0) is 6.42 Å². The third-order valence-electron chi connectivity index (χ3n) is 3.67. The Balaban J connectivity index is 1.99. The van der Waals surface area contributed by atoms with E-state index in [0.29, 0.717) is 28.7 Å². The number of hydrogen-bond acceptors (Lipinski definition) is 3. The average Bonchev–Trinajstić information content (AvgIpc) is 2.64. The lowest BCUT2D eigenvalue weighted by Crippen LogP contribution is -2.26. The summed E-state index contributed by atoms with van der Waals surface area (Å²) in [5, 5.41) is 11.5. The molecule has 0 bridgehead atoms. The van der Waals surface area contributed by atoms with Crippen molar-refractivity contribution in [3.8, 4) is 0 Å². The predicted molar refractivity (Wildman–Crippen MR) is 107 cm³/mol. The van der Waals surface area contributed by atoms with E-state index in [1.54, 1.807) is 31.2 Å². The molecule has 0 aliphatic rings. The number of benzene rings is 2. The number of rotatable bonds is 6. The molecule has 5 nitrogen and oxygen atoms in total. The molecule has 2 aromatic carbocycles. The summed E-state index contributed by atoms with van der Waals surface area (Å²) in [6.45, 7) is 7.33. The minimum atomic E-state index is -0.342. The smallest absolute Gasteiger partial charge is 0.234 e. The van der Waals surface area contributed by atoms with Crippen LogP contribution < -0.4 is 11.2 Å². The van der Waals surface area contributed by atoms with Gasteiger partial charge in [0.15, 0.2) is 0 Å². The van der Waals surface area contributed by atoms with Crippen molar-refractivity contribution in [2.45, 2.75) is 20.3 Å². The molecule has 0 radical (unpaired) electrons. The first-order chi connectivity index (χ1) is 12.9. The van der Waals surface area contributed by atoms with Gasteiger partial charge in [-0.25, -0.2) is 14.2 Å². The van der Waals surface area contributed by atoms with Crippen LogP contribution in [-0.4, -0.2) is 18.4 Å². The van der Waals surface area contributed by atoms with E-state index in [-0.39, 0.29) is 17.6 Å². The molecule has 0 heterocycles. The molecule has 0 aliphatic carbocycles. The van der Waals surface area contributed by atoms with Crippen molar-refractivity contribution >= 4 is 24.0 Å². The second-order valence-electron chi connectivity index (χ2n) is 5.82. The van der Waals surface area contributed by atoms with Gasteiger partial charge in [0.2, 0.25) is 5.96 Å². The zero-order valence-electron chi connectivity index (χ0n) is 15.2. The maximum atomic E-state index is 13.6. The van der Waals surface area contributed by atoms with Crippen LogP contribution in [0.5, 0.6) is 0 Å². The van der Waals surface area contributed by atoms with Crippen molar-refractivity contribution in [3.05, 3.63) is 76.9 Å². The molecule has 0 amide bonds. The number of nitrogens with zero attached hydrogens (tertiary/aromatic N) is 3. The Morgan fingerprint density at radius 2 is 1.78 bits per heavy atom. The van der Waals surface area contributed by atoms with E-state index < -0.39 is 0 Å². The van der Waals surface area contributed by atoms with Crippen molar-refractivity contribution < 1.29 is 8.78 Å². The first-order valence-electron chi connectivity index (χ1n) is 8.30. The van der Waals surface area contributed by atoms with Crippen molar-refractivity contribution in [1.29, 1.82) is 0 Å². The highest BCUT2D eigenvalue weighted by molar-refractivity contribution is 5.85. The quantitative estimate of drug-likeness (QED) is 0.461. The summed E-state index contributed by atoms with van der Waals surface area (Å²) in [7, 11) is 0. The molecule has 0 aromatic heterocycles. The van der Waals surface area contributed by atoms with Gasteiger partial charge >= 0.3 is 0 Å². The van der Waals surface area contributed by atoms with Crippen molar-refractivity contribution in [3.63, 3.8) is 0 Å². The largest absolute Gasteiger partial charge is 0.367 e. The van der Waals surface area contributed by atoms with Gasteiger partial charge in [0.1, 0.15) is 11.6 Å². The van der Waals surface area contributed by atoms with Crippen LogP contribution in [0.2, 0.25) is 0 Å². The molecule has 0 spiro atoms. The van der Waals surface area contributed by atoms with E-state index in [2.05, 4.69) is 27.3 Å². The Kier molecular flexibility index (Phi) is 6.93. The topological polar surface area (TPSA) is 75.1 Å². The van der Waals surface area contributed by atoms with Gasteiger partial charge < -0.3 is 5.73 Å². The SMILES string of the molecule is C=C(C)c1cc(/C=N/N=C(N)N/N=C/c2ccc(F)c(CC)c2)ccc1F. The highest BCUT2D eigenvalue weighted by atomic mass is 19.1. The van der Waals surface area contributed by atoms with Crippen LogP contribution in [0.4, 0.5) is 8.78 Å². The van der Waals surface area contributed by atoms with Crippen LogP contribution in [0.3, 0.4) is 0 Å². The minimum absolute atomic E-state index is 0.0254. The van der Waals surface area contributed by atoms with Gasteiger partial charge in [0, 0.05) is 5.56 Å². The number of guanidine groups is 1. The summed E-state index contributed by atoms with van der Waals surface area (Å²) < 4.78 is 27.1. The summed E-state index contributed by atoms with van der Waals surface area (Å²) in [4.78, 5) is 0. The van der Waals surface area contributed by atoms with Crippen molar-refractivity contribution in [1.82, 2.24) is 5.43 Å². The van der Waals surface area contributed by atoms with Gasteiger partial charge in [-0.2, -0.15) is 10.2 Å². The summed E-state index contributed by atoms with van der Waals surface area (Å²) in [6.07, 6.45) is 3.54. The summed E-state index contributed by atoms with van der Waals surface area (Å²) in [5.41, 5.74) is 11.2. The second-order valence-corrected chi connectivity index (χ2v) is 5.82. The van der Waals surface area contributed by atoms with Crippen molar-refractivity contribution in [2.75, 3.05) is 0 Å². The summed E-state index contributed by atoms with van der Waals surface area (Å²) in [6, 6.07) is 9.25. The maximum absolute atomic E-state index is 13.6. The van der Waals surface area contributed by atoms with E-state index in [4.69, 9.17) is 5.73 Å². The van der Waals surface area contributed by atoms with Gasteiger partial charge in [0.25, 0.3) is 0 Å². The molecule has 2 rings (SSSR count). The maximum Gasteiger partial charge on any atom is 0.234 e. The fourth-order valence-electron chi connectivity index (χ4n) is 2.25. The standard InChI is InChI=1S/C20H21F2N5/c1-4-16-9-14(5-7-18(16)21)11-24-26-20(23)27-25-12-15-6-8-19(22)17(10-15)13(2)3/h5-12H,2,4H2,1,3H3,(H3,23,26,27)/b24-11+,25-12+. The van der Waals surface area contributed by atoms with E-state index >= 15 is 0 Å². The number of aryl methyl sites for hydroxylation is 1. The van der Waals surface area contributed by atoms with E-state index in [1.807, 2.05) is 6.92 Å². The Bertz CT molecular complexity index is 917. The number of nitrogens with one attached hydrogen (secondary N) is 1. The Labute approximate surface area is 157 Å². The molecule has 0 atom stereocenters. The summed E-state index contributed by atoms with van der Waals surface area (Å²) in [5.74, 6) is -0.609. The highest BCUT2D eigenvalue weighted by Gasteiger charge is 2.03. The molecule has 0 saturated carbocycles. The zero-order valence-corrected chi connectivity index (χ0v) is 15.2. The number of halogens is 2. The summed E-state index contributed by atoms with van der Waals surface area (Å²) >= 11 is 0. The molecule has 27 heavy (non-hydrogen) atoms. The third-order valence-corrected chi connectivity index (χ3v) is 3.67. The fraction of sp³-hybridized carbons (Fsp3) is 0.150. The van der Waals surface area contributed by atoms with Gasteiger partial charge in [-0.1, -0.05) is 25.6 Å². The van der Waals surface area contributed by atoms with Crippen LogP contribution in [0.1, 0.15) is 36.1 Å². The van der Waals surface area contributed by atoms with E-state index in [0.717, 1.165) is 5.56 Å². The number of nitrogens with two attached hydrogens (primary N) is 1. The molecular formula is C20H21F2N5. The first kappa shape index (κ1) is 20.0. The number of hydrazone groups is 1. The molecule has 0 unspecified atom stereocenters. The third kappa shape index (κ3) is 5.85. The van der Waals surface area contributed by atoms with Crippen molar-refractivity contribution in [2.24, 2.45) is 21.0 Å². The number of allylic oxidation sites excluding steroid dienone is 1. The lowest BCUT2D eigenvalue weighted by Gasteiger charge is -2.02. The average molecular weight is 369 g/mol. The molecule has 7 heteroatoms. The molecule has 140 valence electrons. The van der Waals surface area contributed by atoms with Gasteiger partial charge in [-0.3, -0.25) is 0 Å². The molecule has 0 saturated heterocycles. The normalized spacial score (nSPS) is 12.1. The molecular weight excluding hydrogens is 348 g/mol. The Morgan fingerprint density at radius 1 is 1.11 bits per heavy atom. The van der Waals surface area contributed by atoms with Gasteiger partial charge in [-0.15, -0.1) is 5.10 Å². The molecule has 0 aliphatic heterocycles. The lowest BCUT2D eigenvalue weighted by molar-refractivity contribution is 0.612. The predicted octanol–water partition coefficient (Wildman–Crippen LogP) is 3.83. The Hall–Kier alpha value is -3.35. The lowest BCUT2D eigenvalue weighted by atomic mass is 10.1. The molecule has 2 aromatic rings. The van der Waals surface area contributed by atoms with Crippen LogP contribution in [0, 0.1) is 11.6 Å². The first-order valence-corrected chi connectivity index (χ1v) is 8.30. The minimum Gasteiger partial charge on any atom is -0.367 e. The van der Waals surface area contributed by atoms with Crippen LogP contribution >= 0.6 is 0 Å². The van der Waals surface area contributed by atoms with Crippen LogP contribution in [0.25, 0.3) is 5.57 Å². The van der Waals surface area contributed by atoms with E-state index in [1.165, 1.54) is 24.6 Å². The highest BCUT2D eigenvalue weighted by Crippen LogP contribution is 2.17. The molecule has 3 N–H and O–H groups in total. The van der Waals surface area contributed by atoms with Crippen LogP contribution in [0.15, 0.2) is 58.3 Å².